The lowest BCUT2D eigenvalue weighted by Gasteiger charge is -2.21. The molecule has 0 N–H and O–H groups in total. The van der Waals surface area contributed by atoms with Crippen LogP contribution in [0.4, 0.5) is 5.69 Å². The van der Waals surface area contributed by atoms with E-state index in [1.54, 1.807) is 23.1 Å². The van der Waals surface area contributed by atoms with Crippen LogP contribution in [-0.4, -0.2) is 12.5 Å². The first kappa shape index (κ1) is 15.6. The lowest BCUT2D eigenvalue weighted by atomic mass is 10.1. The van der Waals surface area contributed by atoms with Gasteiger partial charge in [0.2, 0.25) is 5.91 Å². The zero-order chi connectivity index (χ0) is 15.2. The van der Waals surface area contributed by atoms with Crippen molar-refractivity contribution in [2.24, 2.45) is 0 Å². The maximum absolute atomic E-state index is 12.5. The van der Waals surface area contributed by atoms with Crippen LogP contribution in [0.3, 0.4) is 0 Å². The summed E-state index contributed by atoms with van der Waals surface area (Å²) in [7, 11) is 0. The van der Waals surface area contributed by atoms with Crippen LogP contribution in [0.25, 0.3) is 0 Å². The molecule has 0 heterocycles. The van der Waals surface area contributed by atoms with Gasteiger partial charge in [-0.05, 0) is 29.8 Å². The van der Waals surface area contributed by atoms with Crippen LogP contribution in [0.15, 0.2) is 61.2 Å². The van der Waals surface area contributed by atoms with E-state index in [2.05, 4.69) is 6.58 Å². The Balaban J connectivity index is 2.19. The molecule has 2 nitrogen and oxygen atoms in total. The van der Waals surface area contributed by atoms with Gasteiger partial charge in [0.25, 0.3) is 0 Å². The molecule has 0 saturated carbocycles. The highest BCUT2D eigenvalue weighted by molar-refractivity contribution is 6.42. The molecular formula is C17H15Cl2NO. The molecule has 4 heteroatoms. The van der Waals surface area contributed by atoms with Gasteiger partial charge < -0.3 is 4.90 Å². The third-order valence-electron chi connectivity index (χ3n) is 3.02. The molecule has 2 aromatic carbocycles. The van der Waals surface area contributed by atoms with Crippen molar-refractivity contribution in [2.45, 2.75) is 6.42 Å². The van der Waals surface area contributed by atoms with Crippen LogP contribution in [-0.2, 0) is 11.2 Å². The van der Waals surface area contributed by atoms with E-state index in [9.17, 15) is 4.79 Å². The second-order valence-electron chi connectivity index (χ2n) is 4.55. The molecule has 21 heavy (non-hydrogen) atoms. The fourth-order valence-corrected chi connectivity index (χ4v) is 2.33. The van der Waals surface area contributed by atoms with Gasteiger partial charge in [-0.3, -0.25) is 4.79 Å². The van der Waals surface area contributed by atoms with Gasteiger partial charge in [0.15, 0.2) is 0 Å². The first-order valence-electron chi connectivity index (χ1n) is 6.52. The molecule has 0 atom stereocenters. The van der Waals surface area contributed by atoms with E-state index in [0.717, 1.165) is 11.3 Å². The summed E-state index contributed by atoms with van der Waals surface area (Å²) in [5.41, 5.74) is 1.68. The Morgan fingerprint density at radius 1 is 1.10 bits per heavy atom. The van der Waals surface area contributed by atoms with Crippen LogP contribution < -0.4 is 4.90 Å². The smallest absolute Gasteiger partial charge is 0.231 e. The average molecular weight is 320 g/mol. The van der Waals surface area contributed by atoms with E-state index < -0.39 is 0 Å². The van der Waals surface area contributed by atoms with Crippen LogP contribution in [0.2, 0.25) is 10.0 Å². The van der Waals surface area contributed by atoms with Crippen molar-refractivity contribution in [3.8, 4) is 0 Å². The highest BCUT2D eigenvalue weighted by Crippen LogP contribution is 2.23. The molecule has 0 aliphatic carbocycles. The Hall–Kier alpha value is -1.77. The van der Waals surface area contributed by atoms with Crippen molar-refractivity contribution < 1.29 is 4.79 Å². The third kappa shape index (κ3) is 4.10. The Morgan fingerprint density at radius 3 is 2.43 bits per heavy atom. The maximum Gasteiger partial charge on any atom is 0.231 e. The Labute approximate surface area is 134 Å². The fourth-order valence-electron chi connectivity index (χ4n) is 2.01. The number of anilines is 1. The van der Waals surface area contributed by atoms with Gasteiger partial charge in [-0.25, -0.2) is 0 Å². The summed E-state index contributed by atoms with van der Waals surface area (Å²) in [6.07, 6.45) is 1.97. The third-order valence-corrected chi connectivity index (χ3v) is 3.76. The van der Waals surface area contributed by atoms with Gasteiger partial charge in [0.1, 0.15) is 0 Å². The predicted octanol–water partition coefficient (Wildman–Crippen LogP) is 4.76. The van der Waals surface area contributed by atoms with Crippen molar-refractivity contribution in [3.05, 3.63) is 76.8 Å². The van der Waals surface area contributed by atoms with E-state index in [-0.39, 0.29) is 12.3 Å². The van der Waals surface area contributed by atoms with Crippen molar-refractivity contribution in [3.63, 3.8) is 0 Å². The molecule has 0 spiro atoms. The molecule has 108 valence electrons. The Morgan fingerprint density at radius 2 is 1.81 bits per heavy atom. The number of amides is 1. The molecule has 0 radical (unpaired) electrons. The van der Waals surface area contributed by atoms with Crippen molar-refractivity contribution in [1.29, 1.82) is 0 Å². The molecule has 2 aromatic rings. The molecule has 0 unspecified atom stereocenters. The first-order chi connectivity index (χ1) is 10.1. The highest BCUT2D eigenvalue weighted by Gasteiger charge is 2.15. The summed E-state index contributed by atoms with van der Waals surface area (Å²) in [6.45, 7) is 4.17. The van der Waals surface area contributed by atoms with Crippen LogP contribution in [0.5, 0.6) is 0 Å². The van der Waals surface area contributed by atoms with E-state index in [1.807, 2.05) is 36.4 Å². The van der Waals surface area contributed by atoms with Crippen LogP contribution >= 0.6 is 23.2 Å². The number of hydrogen-bond acceptors (Lipinski definition) is 1. The molecule has 0 aliphatic rings. The number of hydrogen-bond donors (Lipinski definition) is 0. The van der Waals surface area contributed by atoms with E-state index >= 15 is 0 Å². The molecule has 0 aliphatic heterocycles. The minimum Gasteiger partial charge on any atom is -0.308 e. The molecule has 0 aromatic heterocycles. The Bertz CT molecular complexity index is 640. The van der Waals surface area contributed by atoms with Gasteiger partial charge in [0.05, 0.1) is 16.5 Å². The molecule has 2 rings (SSSR count). The second-order valence-corrected chi connectivity index (χ2v) is 5.37. The topological polar surface area (TPSA) is 20.3 Å². The summed E-state index contributed by atoms with van der Waals surface area (Å²) in [4.78, 5) is 14.2. The number of carbonyl (C=O) groups excluding carboxylic acids is 1. The number of nitrogens with zero attached hydrogens (tertiary/aromatic N) is 1. The quantitative estimate of drug-likeness (QED) is 0.728. The number of para-hydroxylation sites is 1. The maximum atomic E-state index is 12.5. The largest absolute Gasteiger partial charge is 0.308 e. The summed E-state index contributed by atoms with van der Waals surface area (Å²) in [5, 5.41) is 0.941. The average Bonchev–Trinajstić information content (AvgIpc) is 2.49. The van der Waals surface area contributed by atoms with E-state index in [0.29, 0.717) is 16.6 Å². The van der Waals surface area contributed by atoms with Crippen molar-refractivity contribution in [2.75, 3.05) is 11.4 Å². The minimum absolute atomic E-state index is 0.0144. The molecule has 0 saturated heterocycles. The normalized spacial score (nSPS) is 10.2. The number of carbonyl (C=O) groups is 1. The standard InChI is InChI=1S/C17H15Cl2NO/c1-2-10-20(14-6-4-3-5-7-14)17(21)12-13-8-9-15(18)16(19)11-13/h2-9,11H,1,10,12H2. The highest BCUT2D eigenvalue weighted by atomic mass is 35.5. The van der Waals surface area contributed by atoms with Crippen molar-refractivity contribution in [1.82, 2.24) is 0 Å². The zero-order valence-corrected chi connectivity index (χ0v) is 12.9. The number of benzene rings is 2. The molecule has 1 amide bonds. The van der Waals surface area contributed by atoms with E-state index in [4.69, 9.17) is 23.2 Å². The van der Waals surface area contributed by atoms with Gasteiger partial charge >= 0.3 is 0 Å². The lowest BCUT2D eigenvalue weighted by molar-refractivity contribution is -0.117. The molecule has 0 fully saturated rings. The van der Waals surface area contributed by atoms with Crippen LogP contribution in [0, 0.1) is 0 Å². The van der Waals surface area contributed by atoms with E-state index in [1.165, 1.54) is 0 Å². The summed E-state index contributed by atoms with van der Waals surface area (Å²) in [6, 6.07) is 14.7. The first-order valence-corrected chi connectivity index (χ1v) is 7.27. The summed E-state index contributed by atoms with van der Waals surface area (Å²) in [5.74, 6) is -0.0144. The molecular weight excluding hydrogens is 305 g/mol. The Kier molecular flexibility index (Phi) is 5.43. The minimum atomic E-state index is -0.0144. The van der Waals surface area contributed by atoms with Gasteiger partial charge in [-0.2, -0.15) is 0 Å². The number of rotatable bonds is 5. The zero-order valence-electron chi connectivity index (χ0n) is 11.4. The summed E-state index contributed by atoms with van der Waals surface area (Å²) >= 11 is 11.9. The van der Waals surface area contributed by atoms with Crippen LogP contribution in [0.1, 0.15) is 5.56 Å². The molecule has 0 bridgehead atoms. The van der Waals surface area contributed by atoms with Gasteiger partial charge in [-0.1, -0.05) is 53.5 Å². The number of halogens is 2. The predicted molar refractivity (Wildman–Crippen MR) is 89.2 cm³/mol. The summed E-state index contributed by atoms with van der Waals surface area (Å²) < 4.78 is 0. The lowest BCUT2D eigenvalue weighted by Crippen LogP contribution is -2.32. The fraction of sp³-hybridized carbons (Fsp3) is 0.118. The second kappa shape index (κ2) is 7.30. The van der Waals surface area contributed by atoms with Gasteiger partial charge in [0, 0.05) is 12.2 Å². The van der Waals surface area contributed by atoms with Gasteiger partial charge in [-0.15, -0.1) is 6.58 Å². The monoisotopic (exact) mass is 319 g/mol. The van der Waals surface area contributed by atoms with Crippen molar-refractivity contribution >= 4 is 34.8 Å². The SMILES string of the molecule is C=CCN(C(=O)Cc1ccc(Cl)c(Cl)c1)c1ccccc1.